The molecule has 0 amide bonds. The van der Waals surface area contributed by atoms with Gasteiger partial charge in [0.15, 0.2) is 5.82 Å². The van der Waals surface area contributed by atoms with E-state index in [-0.39, 0.29) is 0 Å². The predicted molar refractivity (Wildman–Crippen MR) is 111 cm³/mol. The summed E-state index contributed by atoms with van der Waals surface area (Å²) in [6, 6.07) is 15.4. The van der Waals surface area contributed by atoms with E-state index < -0.39 is 0 Å². The summed E-state index contributed by atoms with van der Waals surface area (Å²) in [5.41, 5.74) is 1.99. The van der Waals surface area contributed by atoms with Gasteiger partial charge in [0.2, 0.25) is 5.95 Å². The molecule has 2 aromatic carbocycles. The summed E-state index contributed by atoms with van der Waals surface area (Å²) < 4.78 is 5.82. The van der Waals surface area contributed by atoms with Crippen molar-refractivity contribution in [2.24, 2.45) is 0 Å². The number of hydrogen-bond donors (Lipinski definition) is 1. The van der Waals surface area contributed by atoms with Gasteiger partial charge in [-0.15, -0.1) is 5.10 Å². The first kappa shape index (κ1) is 18.5. The number of nitrogens with one attached hydrogen (secondary N) is 1. The zero-order valence-corrected chi connectivity index (χ0v) is 16.3. The first-order chi connectivity index (χ1) is 13.8. The number of halogens is 1. The summed E-state index contributed by atoms with van der Waals surface area (Å²) in [6.07, 6.45) is 5.27. The first-order valence-electron chi connectivity index (χ1n) is 9.45. The van der Waals surface area contributed by atoms with Gasteiger partial charge in [-0.05, 0) is 61.2 Å². The Labute approximate surface area is 169 Å². The third-order valence-electron chi connectivity index (χ3n) is 4.63. The van der Waals surface area contributed by atoms with Crippen molar-refractivity contribution >= 4 is 29.1 Å². The van der Waals surface area contributed by atoms with E-state index in [0.717, 1.165) is 35.1 Å². The lowest BCUT2D eigenvalue weighted by atomic mass is 10.1. The van der Waals surface area contributed by atoms with Gasteiger partial charge in [0.1, 0.15) is 12.4 Å². The van der Waals surface area contributed by atoms with E-state index in [9.17, 15) is 0 Å². The van der Waals surface area contributed by atoms with Crippen molar-refractivity contribution in [2.45, 2.75) is 25.9 Å². The van der Waals surface area contributed by atoms with E-state index in [1.807, 2.05) is 48.5 Å². The van der Waals surface area contributed by atoms with Gasteiger partial charge in [-0.25, -0.2) is 0 Å². The van der Waals surface area contributed by atoms with Crippen LogP contribution in [0, 0.1) is 0 Å². The fourth-order valence-electron chi connectivity index (χ4n) is 3.11. The minimum absolute atomic E-state index is 0.499. The van der Waals surface area contributed by atoms with Crippen LogP contribution < -0.4 is 15.0 Å². The molecule has 1 saturated heterocycles. The smallest absolute Gasteiger partial charge is 0.247 e. The van der Waals surface area contributed by atoms with Gasteiger partial charge in [0.25, 0.3) is 0 Å². The average Bonchev–Trinajstić information content (AvgIpc) is 2.75. The maximum atomic E-state index is 5.90. The molecular formula is C21H22ClN5O. The minimum Gasteiger partial charge on any atom is -0.489 e. The summed E-state index contributed by atoms with van der Waals surface area (Å²) >= 11 is 5.90. The van der Waals surface area contributed by atoms with E-state index >= 15 is 0 Å². The maximum Gasteiger partial charge on any atom is 0.247 e. The average molecular weight is 396 g/mol. The molecule has 3 aromatic rings. The van der Waals surface area contributed by atoms with Crippen molar-refractivity contribution < 1.29 is 4.74 Å². The Bertz CT molecular complexity index is 895. The predicted octanol–water partition coefficient (Wildman–Crippen LogP) is 4.84. The molecule has 1 N–H and O–H groups in total. The van der Waals surface area contributed by atoms with Crippen LogP contribution in [0.25, 0.3) is 0 Å². The lowest BCUT2D eigenvalue weighted by molar-refractivity contribution is 0.306. The molecule has 0 unspecified atom stereocenters. The van der Waals surface area contributed by atoms with Crippen LogP contribution in [0.4, 0.5) is 17.5 Å². The normalized spacial score (nSPS) is 14.0. The lowest BCUT2D eigenvalue weighted by Crippen LogP contribution is -2.31. The second-order valence-corrected chi connectivity index (χ2v) is 7.19. The summed E-state index contributed by atoms with van der Waals surface area (Å²) in [5, 5.41) is 12.3. The Hall–Kier alpha value is -2.86. The summed E-state index contributed by atoms with van der Waals surface area (Å²) in [6.45, 7) is 2.48. The standard InChI is InChI=1S/C21H22ClN5O/c22-17-6-4-16(5-7-17)15-28-19-10-8-18(9-11-19)24-20-14-23-26-21(25-20)27-12-2-1-3-13-27/h4-11,14H,1-3,12-13,15H2,(H,24,25,26). The highest BCUT2D eigenvalue weighted by molar-refractivity contribution is 6.30. The largest absolute Gasteiger partial charge is 0.489 e. The number of hydrogen-bond acceptors (Lipinski definition) is 6. The minimum atomic E-state index is 0.499. The molecule has 4 rings (SSSR count). The SMILES string of the molecule is Clc1ccc(COc2ccc(Nc3cnnc(N4CCCCC4)n3)cc2)cc1. The molecule has 1 aliphatic rings. The molecular weight excluding hydrogens is 374 g/mol. The molecule has 0 bridgehead atoms. The molecule has 0 atom stereocenters. The summed E-state index contributed by atoms with van der Waals surface area (Å²) in [5.74, 6) is 2.17. The Balaban J connectivity index is 1.35. The van der Waals surface area contributed by atoms with Crippen LogP contribution in [0.1, 0.15) is 24.8 Å². The number of benzene rings is 2. The number of ether oxygens (including phenoxy) is 1. The van der Waals surface area contributed by atoms with Crippen LogP contribution in [0.2, 0.25) is 5.02 Å². The molecule has 1 aromatic heterocycles. The van der Waals surface area contributed by atoms with Crippen LogP contribution in [0.15, 0.2) is 54.7 Å². The third kappa shape index (κ3) is 4.89. The number of anilines is 3. The topological polar surface area (TPSA) is 63.2 Å². The zero-order chi connectivity index (χ0) is 19.2. The quantitative estimate of drug-likeness (QED) is 0.644. The number of aromatic nitrogens is 3. The van der Waals surface area contributed by atoms with Gasteiger partial charge in [-0.3, -0.25) is 0 Å². The number of nitrogens with zero attached hydrogens (tertiary/aromatic N) is 4. The number of rotatable bonds is 6. The maximum absolute atomic E-state index is 5.90. The molecule has 1 fully saturated rings. The highest BCUT2D eigenvalue weighted by Crippen LogP contribution is 2.21. The lowest BCUT2D eigenvalue weighted by Gasteiger charge is -2.26. The van der Waals surface area contributed by atoms with Crippen LogP contribution >= 0.6 is 11.6 Å². The summed E-state index contributed by atoms with van der Waals surface area (Å²) in [7, 11) is 0. The van der Waals surface area contributed by atoms with Crippen LogP contribution in [0.5, 0.6) is 5.75 Å². The second kappa shape index (κ2) is 8.89. The van der Waals surface area contributed by atoms with Gasteiger partial charge in [0, 0.05) is 23.8 Å². The molecule has 2 heterocycles. The Morgan fingerprint density at radius 1 is 0.964 bits per heavy atom. The van der Waals surface area contributed by atoms with Crippen molar-refractivity contribution in [1.82, 2.24) is 15.2 Å². The van der Waals surface area contributed by atoms with Crippen molar-refractivity contribution in [3.05, 3.63) is 65.3 Å². The van der Waals surface area contributed by atoms with E-state index in [1.54, 1.807) is 6.20 Å². The first-order valence-corrected chi connectivity index (χ1v) is 9.83. The van der Waals surface area contributed by atoms with Gasteiger partial charge < -0.3 is 15.0 Å². The Kier molecular flexibility index (Phi) is 5.87. The molecule has 0 spiro atoms. The van der Waals surface area contributed by atoms with Gasteiger partial charge in [0.05, 0.1) is 6.20 Å². The van der Waals surface area contributed by atoms with E-state index in [1.165, 1.54) is 19.3 Å². The number of piperidine rings is 1. The Morgan fingerprint density at radius 2 is 1.71 bits per heavy atom. The van der Waals surface area contributed by atoms with Gasteiger partial charge in [-0.1, -0.05) is 23.7 Å². The Morgan fingerprint density at radius 3 is 2.46 bits per heavy atom. The molecule has 0 saturated carbocycles. The highest BCUT2D eigenvalue weighted by atomic mass is 35.5. The zero-order valence-electron chi connectivity index (χ0n) is 15.5. The highest BCUT2D eigenvalue weighted by Gasteiger charge is 2.14. The van der Waals surface area contributed by atoms with E-state index in [4.69, 9.17) is 16.3 Å². The van der Waals surface area contributed by atoms with Crippen LogP contribution in [0.3, 0.4) is 0 Å². The molecule has 0 radical (unpaired) electrons. The van der Waals surface area contributed by atoms with Crippen molar-refractivity contribution in [3.63, 3.8) is 0 Å². The van der Waals surface area contributed by atoms with Crippen molar-refractivity contribution in [2.75, 3.05) is 23.3 Å². The van der Waals surface area contributed by atoms with Gasteiger partial charge in [-0.2, -0.15) is 10.1 Å². The molecule has 6 nitrogen and oxygen atoms in total. The molecule has 7 heteroatoms. The molecule has 1 aliphatic heterocycles. The second-order valence-electron chi connectivity index (χ2n) is 6.75. The van der Waals surface area contributed by atoms with Crippen molar-refractivity contribution in [3.8, 4) is 5.75 Å². The molecule has 0 aliphatic carbocycles. The van der Waals surface area contributed by atoms with Gasteiger partial charge >= 0.3 is 0 Å². The fourth-order valence-corrected chi connectivity index (χ4v) is 3.24. The van der Waals surface area contributed by atoms with Crippen LogP contribution in [-0.2, 0) is 6.61 Å². The molecule has 144 valence electrons. The molecule has 28 heavy (non-hydrogen) atoms. The van der Waals surface area contributed by atoms with E-state index in [2.05, 4.69) is 25.4 Å². The van der Waals surface area contributed by atoms with Crippen molar-refractivity contribution in [1.29, 1.82) is 0 Å². The summed E-state index contributed by atoms with van der Waals surface area (Å²) in [4.78, 5) is 6.79. The monoisotopic (exact) mass is 395 g/mol. The third-order valence-corrected chi connectivity index (χ3v) is 4.88. The fraction of sp³-hybridized carbons (Fsp3) is 0.286. The van der Waals surface area contributed by atoms with E-state index in [0.29, 0.717) is 18.4 Å². The van der Waals surface area contributed by atoms with Crippen LogP contribution in [-0.4, -0.2) is 28.3 Å².